The molecule has 0 bridgehead atoms. The number of piperidine rings is 1. The van der Waals surface area contributed by atoms with Crippen LogP contribution < -0.4 is 14.5 Å². The molecule has 250 valence electrons. The topological polar surface area (TPSA) is 115 Å². The van der Waals surface area contributed by atoms with Gasteiger partial charge in [0, 0.05) is 68.7 Å². The number of piperazine rings is 1. The molecule has 3 aliphatic heterocycles. The number of sulfonamides is 1. The van der Waals surface area contributed by atoms with Crippen LogP contribution in [0.5, 0.6) is 5.88 Å². The number of likely N-dealkylation sites (N-methyl/N-ethyl adjacent to an activating group) is 1. The first-order chi connectivity index (χ1) is 22.6. The smallest absolute Gasteiger partial charge is 0.270 e. The summed E-state index contributed by atoms with van der Waals surface area (Å²) in [7, 11) is -4.62. The van der Waals surface area contributed by atoms with Gasteiger partial charge in [-0.25, -0.2) is 27.1 Å². The van der Waals surface area contributed by atoms with E-state index in [1.165, 1.54) is 42.6 Å². The minimum atomic E-state index is -4.62. The number of pyridine rings is 1. The van der Waals surface area contributed by atoms with Crippen molar-refractivity contribution in [1.82, 2.24) is 25.2 Å². The zero-order valence-corrected chi connectivity index (χ0v) is 27.9. The fraction of sp³-hybridized carbons (Fsp3) is 0.424. The summed E-state index contributed by atoms with van der Waals surface area (Å²) < 4.78 is 49.7. The van der Waals surface area contributed by atoms with Crippen molar-refractivity contribution in [2.45, 2.75) is 43.0 Å². The molecule has 3 aromatic rings. The number of nitrogens with zero attached hydrogens (tertiary/aromatic N) is 5. The predicted octanol–water partition coefficient (Wildman–Crippen LogP) is 3.43. The fourth-order valence-corrected chi connectivity index (χ4v) is 8.50. The third-order valence-corrected chi connectivity index (χ3v) is 11.3. The third kappa shape index (κ3) is 5.88. The largest absolute Gasteiger partial charge is 0.478 e. The zero-order valence-electron chi connectivity index (χ0n) is 26.4. The van der Waals surface area contributed by atoms with Crippen molar-refractivity contribution in [1.29, 1.82) is 0 Å². The van der Waals surface area contributed by atoms with E-state index in [-0.39, 0.29) is 39.2 Å². The number of benzene rings is 2. The summed E-state index contributed by atoms with van der Waals surface area (Å²) in [4.78, 5) is 38.7. The standard InChI is InChI=1S/C33H38ClFN6O5S/c1-3-38-17-19-39(20-18-38)23-12-15-40(16-13-23)37-31(42)33(25-11-8-14-36-30(25)46-4-2)26-21-27(34)28(35)22-29(26)41(32(33)43)47(44,45)24-9-6-5-7-10-24/h5-11,14,21-23H,3-4,12-13,15-20H2,1-2H3,(H,37,42). The van der Waals surface area contributed by atoms with Gasteiger partial charge in [-0.3, -0.25) is 19.9 Å². The maximum absolute atomic E-state index is 15.1. The van der Waals surface area contributed by atoms with Crippen molar-refractivity contribution in [3.63, 3.8) is 0 Å². The lowest BCUT2D eigenvalue weighted by Gasteiger charge is -2.43. The molecule has 3 aliphatic rings. The number of rotatable bonds is 9. The average molecular weight is 685 g/mol. The van der Waals surface area contributed by atoms with E-state index in [4.69, 9.17) is 16.3 Å². The Kier molecular flexibility index (Phi) is 9.54. The van der Waals surface area contributed by atoms with Crippen LogP contribution in [0, 0.1) is 5.82 Å². The van der Waals surface area contributed by atoms with E-state index in [2.05, 4.69) is 27.1 Å². The van der Waals surface area contributed by atoms with Gasteiger partial charge in [-0.05, 0) is 50.6 Å². The summed E-state index contributed by atoms with van der Waals surface area (Å²) in [5.74, 6) is -2.91. The summed E-state index contributed by atoms with van der Waals surface area (Å²) >= 11 is 6.29. The third-order valence-electron chi connectivity index (χ3n) is 9.34. The molecule has 0 radical (unpaired) electrons. The molecule has 0 saturated carbocycles. The molecule has 2 saturated heterocycles. The van der Waals surface area contributed by atoms with E-state index in [9.17, 15) is 18.0 Å². The van der Waals surface area contributed by atoms with E-state index < -0.39 is 33.1 Å². The summed E-state index contributed by atoms with van der Waals surface area (Å²) in [5, 5.41) is 1.38. The molecular formula is C33H38ClFN6O5S. The van der Waals surface area contributed by atoms with Crippen LogP contribution in [0.15, 0.2) is 65.7 Å². The SMILES string of the molecule is CCOc1ncccc1C1(C(=O)NN2CCC(N3CCN(CC)CC3)CC2)C(=O)N(S(=O)(=O)c2ccccc2)c2cc(F)c(Cl)cc21. The summed E-state index contributed by atoms with van der Waals surface area (Å²) in [6.07, 6.45) is 3.04. The second kappa shape index (κ2) is 13.5. The second-order valence-corrected chi connectivity index (χ2v) is 14.0. The molecular weight excluding hydrogens is 647 g/mol. The first kappa shape index (κ1) is 33.3. The lowest BCUT2D eigenvalue weighted by atomic mass is 9.74. The van der Waals surface area contributed by atoms with Crippen molar-refractivity contribution in [2.24, 2.45) is 0 Å². The molecule has 0 spiro atoms. The van der Waals surface area contributed by atoms with Crippen LogP contribution in [0.1, 0.15) is 37.8 Å². The van der Waals surface area contributed by atoms with Gasteiger partial charge in [0.2, 0.25) is 5.88 Å². The van der Waals surface area contributed by atoms with E-state index in [1.807, 2.05) is 0 Å². The van der Waals surface area contributed by atoms with Crippen LogP contribution >= 0.6 is 11.6 Å². The highest BCUT2D eigenvalue weighted by Crippen LogP contribution is 2.51. The first-order valence-corrected chi connectivity index (χ1v) is 17.7. The van der Waals surface area contributed by atoms with Crippen LogP contribution in [0.4, 0.5) is 10.1 Å². The van der Waals surface area contributed by atoms with Crippen LogP contribution in [0.25, 0.3) is 0 Å². The summed E-state index contributed by atoms with van der Waals surface area (Å²) in [6, 6.07) is 12.7. The molecule has 0 aliphatic carbocycles. The van der Waals surface area contributed by atoms with Gasteiger partial charge in [-0.15, -0.1) is 0 Å². The number of aromatic nitrogens is 1. The van der Waals surface area contributed by atoms with Gasteiger partial charge in [-0.2, -0.15) is 0 Å². The van der Waals surface area contributed by atoms with Gasteiger partial charge in [0.15, 0.2) is 5.41 Å². The molecule has 6 rings (SSSR count). The number of fused-ring (bicyclic) bond motifs is 1. The van der Waals surface area contributed by atoms with E-state index in [0.717, 1.165) is 57.7 Å². The van der Waals surface area contributed by atoms with E-state index in [1.54, 1.807) is 18.0 Å². The Hall–Kier alpha value is -3.62. The highest BCUT2D eigenvalue weighted by Gasteiger charge is 2.62. The van der Waals surface area contributed by atoms with Crippen molar-refractivity contribution >= 4 is 39.1 Å². The maximum atomic E-state index is 15.1. The van der Waals surface area contributed by atoms with Crippen molar-refractivity contribution in [3.05, 3.63) is 82.8 Å². The molecule has 1 aromatic heterocycles. The Balaban J connectivity index is 1.41. The molecule has 14 heteroatoms. The number of halogens is 2. The number of amides is 2. The highest BCUT2D eigenvalue weighted by atomic mass is 35.5. The van der Waals surface area contributed by atoms with Gasteiger partial charge in [0.05, 0.1) is 22.2 Å². The second-order valence-electron chi connectivity index (χ2n) is 11.8. The average Bonchev–Trinajstić information content (AvgIpc) is 3.34. The lowest BCUT2D eigenvalue weighted by Crippen LogP contribution is -2.60. The van der Waals surface area contributed by atoms with E-state index in [0.29, 0.717) is 23.4 Å². The molecule has 47 heavy (non-hydrogen) atoms. The quantitative estimate of drug-likeness (QED) is 0.339. The van der Waals surface area contributed by atoms with Gasteiger partial charge in [0.25, 0.3) is 21.8 Å². The first-order valence-electron chi connectivity index (χ1n) is 15.9. The maximum Gasteiger partial charge on any atom is 0.270 e. The van der Waals surface area contributed by atoms with Crippen LogP contribution in [-0.2, 0) is 25.0 Å². The Labute approximate surface area is 279 Å². The molecule has 1 N–H and O–H groups in total. The Morgan fingerprint density at radius 2 is 1.72 bits per heavy atom. The highest BCUT2D eigenvalue weighted by molar-refractivity contribution is 7.93. The molecule has 2 amide bonds. The minimum absolute atomic E-state index is 0.0164. The Bertz CT molecular complexity index is 1750. The Morgan fingerprint density at radius 1 is 1.02 bits per heavy atom. The normalized spacial score (nSPS) is 21.5. The van der Waals surface area contributed by atoms with Crippen molar-refractivity contribution in [3.8, 4) is 5.88 Å². The monoisotopic (exact) mass is 684 g/mol. The van der Waals surface area contributed by atoms with Gasteiger partial charge in [0.1, 0.15) is 5.82 Å². The minimum Gasteiger partial charge on any atom is -0.478 e. The number of hydrogen-bond acceptors (Lipinski definition) is 9. The number of carbonyl (C=O) groups excluding carboxylic acids is 2. The molecule has 2 fully saturated rings. The Morgan fingerprint density at radius 3 is 2.38 bits per heavy atom. The number of hydrogen-bond donors (Lipinski definition) is 1. The molecule has 4 heterocycles. The lowest BCUT2D eigenvalue weighted by molar-refractivity contribution is -0.137. The van der Waals surface area contributed by atoms with Crippen molar-refractivity contribution < 1.29 is 27.1 Å². The number of hydrazine groups is 1. The van der Waals surface area contributed by atoms with Crippen LogP contribution in [-0.4, -0.2) is 98.5 Å². The van der Waals surface area contributed by atoms with E-state index >= 15 is 4.39 Å². The number of nitrogens with one attached hydrogen (secondary N) is 1. The molecule has 11 nitrogen and oxygen atoms in total. The number of anilines is 1. The number of carbonyl (C=O) groups is 2. The summed E-state index contributed by atoms with van der Waals surface area (Å²) in [5.41, 5.74) is 0.208. The summed E-state index contributed by atoms with van der Waals surface area (Å²) in [6.45, 7) is 10.1. The van der Waals surface area contributed by atoms with Gasteiger partial charge >= 0.3 is 0 Å². The molecule has 1 unspecified atom stereocenters. The van der Waals surface area contributed by atoms with Gasteiger partial charge < -0.3 is 9.64 Å². The van der Waals surface area contributed by atoms with Crippen LogP contribution in [0.2, 0.25) is 5.02 Å². The predicted molar refractivity (Wildman–Crippen MR) is 175 cm³/mol. The molecule has 2 aromatic carbocycles. The number of ether oxygens (including phenoxy) is 1. The zero-order chi connectivity index (χ0) is 33.3. The van der Waals surface area contributed by atoms with Crippen molar-refractivity contribution in [2.75, 3.05) is 56.7 Å². The fourth-order valence-electron chi connectivity index (χ4n) is 6.86. The molecule has 1 atom stereocenters. The van der Waals surface area contributed by atoms with Gasteiger partial charge in [-0.1, -0.05) is 42.8 Å². The van der Waals surface area contributed by atoms with Crippen LogP contribution in [0.3, 0.4) is 0 Å².